The molecule has 4 N–H and O–H groups in total. The van der Waals surface area contributed by atoms with E-state index >= 15 is 0 Å². The summed E-state index contributed by atoms with van der Waals surface area (Å²) in [7, 11) is 3.22. The van der Waals surface area contributed by atoms with Crippen molar-refractivity contribution in [2.75, 3.05) is 19.0 Å². The summed E-state index contributed by atoms with van der Waals surface area (Å²) in [5.74, 6) is -0.481. The van der Waals surface area contributed by atoms with Gasteiger partial charge in [-0.05, 0) is 24.1 Å². The number of methoxy groups -OCH3 is 1. The largest absolute Gasteiger partial charge is 0.494 e. The van der Waals surface area contributed by atoms with Gasteiger partial charge in [-0.1, -0.05) is 30.3 Å². The molecule has 0 radical (unpaired) electrons. The Morgan fingerprint density at radius 2 is 1.92 bits per heavy atom. The summed E-state index contributed by atoms with van der Waals surface area (Å²) in [6.07, 6.45) is 3.05. The van der Waals surface area contributed by atoms with Crippen molar-refractivity contribution < 1.29 is 23.9 Å². The number of carbonyl (C=O) groups excluding carboxylic acids is 3. The highest BCUT2D eigenvalue weighted by atomic mass is 16.5. The molecule has 0 aliphatic rings. The van der Waals surface area contributed by atoms with Crippen molar-refractivity contribution in [2.45, 2.75) is 19.6 Å². The summed E-state index contributed by atoms with van der Waals surface area (Å²) in [6, 6.07) is 12.4. The number of nitrogens with one attached hydrogen (secondary N) is 2. The zero-order chi connectivity index (χ0) is 26.4. The molecule has 0 saturated carbocycles. The summed E-state index contributed by atoms with van der Waals surface area (Å²) in [6.45, 7) is 0.837. The highest BCUT2D eigenvalue weighted by Gasteiger charge is 2.20. The van der Waals surface area contributed by atoms with Gasteiger partial charge in [0.25, 0.3) is 5.91 Å². The van der Waals surface area contributed by atoms with Gasteiger partial charge >= 0.3 is 6.09 Å². The minimum Gasteiger partial charge on any atom is -0.494 e. The number of hydrogen-bond donors (Lipinski definition) is 3. The number of nitrogens with two attached hydrogens (primary N) is 1. The van der Waals surface area contributed by atoms with Crippen LogP contribution in [-0.2, 0) is 24.9 Å². The molecule has 2 aromatic heterocycles. The number of amides is 3. The van der Waals surface area contributed by atoms with Gasteiger partial charge in [-0.25, -0.2) is 14.8 Å². The summed E-state index contributed by atoms with van der Waals surface area (Å²) in [4.78, 5) is 45.2. The Labute approximate surface area is 212 Å². The third-order valence-corrected chi connectivity index (χ3v) is 5.51. The Morgan fingerprint density at radius 3 is 2.59 bits per heavy atom. The molecular formula is C25H27N7O5. The lowest BCUT2D eigenvalue weighted by Crippen LogP contribution is -2.26. The number of primary amides is 1. The van der Waals surface area contributed by atoms with Gasteiger partial charge in [-0.15, -0.1) is 0 Å². The Hall–Kier alpha value is -4.87. The van der Waals surface area contributed by atoms with Crippen LogP contribution in [0.5, 0.6) is 5.75 Å². The lowest BCUT2D eigenvalue weighted by atomic mass is 10.1. The standard InChI is InChI=1S/C25H27N7O5/c1-31-13-19(28-15-31)23(34)30-24-29-18-11-17(22(26)33)12-20(36-2)21(18)32(24)10-6-9-27-25(35)37-14-16-7-4-3-5-8-16/h3-5,7-8,11-13,15H,6,9-10,14H2,1-2H3,(H2,26,33)(H,27,35)(H,29,30,34). The number of anilines is 1. The van der Waals surface area contributed by atoms with Crippen LogP contribution in [0.4, 0.5) is 10.7 Å². The molecule has 12 nitrogen and oxygen atoms in total. The molecule has 0 fully saturated rings. The van der Waals surface area contributed by atoms with Crippen LogP contribution in [0.3, 0.4) is 0 Å². The Kier molecular flexibility index (Phi) is 7.67. The van der Waals surface area contributed by atoms with Crippen LogP contribution in [0.15, 0.2) is 55.0 Å². The third kappa shape index (κ3) is 6.04. The Morgan fingerprint density at radius 1 is 1.14 bits per heavy atom. The highest BCUT2D eigenvalue weighted by Crippen LogP contribution is 2.31. The maximum Gasteiger partial charge on any atom is 0.407 e. The molecule has 0 spiro atoms. The first-order valence-corrected chi connectivity index (χ1v) is 11.5. The average molecular weight is 506 g/mol. The zero-order valence-corrected chi connectivity index (χ0v) is 20.4. The topological polar surface area (TPSA) is 155 Å². The molecule has 0 bridgehead atoms. The molecule has 2 aromatic carbocycles. The fourth-order valence-corrected chi connectivity index (χ4v) is 3.74. The van der Waals surface area contributed by atoms with Gasteiger partial charge in [0, 0.05) is 31.9 Å². The van der Waals surface area contributed by atoms with Crippen molar-refractivity contribution in [3.05, 3.63) is 71.8 Å². The first kappa shape index (κ1) is 25.2. The number of aryl methyl sites for hydroxylation is 2. The Balaban J connectivity index is 1.50. The van der Waals surface area contributed by atoms with Gasteiger partial charge in [0.15, 0.2) is 0 Å². The molecule has 0 atom stereocenters. The number of hydrogen-bond acceptors (Lipinski definition) is 7. The fourth-order valence-electron chi connectivity index (χ4n) is 3.74. The van der Waals surface area contributed by atoms with Crippen molar-refractivity contribution in [3.8, 4) is 5.75 Å². The van der Waals surface area contributed by atoms with Crippen LogP contribution in [-0.4, -0.2) is 50.7 Å². The van der Waals surface area contributed by atoms with Crippen molar-refractivity contribution >= 4 is 34.9 Å². The maximum atomic E-state index is 12.8. The summed E-state index contributed by atoms with van der Waals surface area (Å²) >= 11 is 0. The van der Waals surface area contributed by atoms with Crippen molar-refractivity contribution in [1.29, 1.82) is 0 Å². The molecule has 0 aliphatic carbocycles. The molecule has 12 heteroatoms. The predicted octanol–water partition coefficient (Wildman–Crippen LogP) is 2.45. The molecule has 0 unspecified atom stereocenters. The molecule has 4 rings (SSSR count). The van der Waals surface area contributed by atoms with E-state index in [9.17, 15) is 14.4 Å². The predicted molar refractivity (Wildman–Crippen MR) is 135 cm³/mol. The van der Waals surface area contributed by atoms with Crippen LogP contribution in [0.25, 0.3) is 11.0 Å². The van der Waals surface area contributed by atoms with Crippen LogP contribution in [0, 0.1) is 0 Å². The second-order valence-corrected chi connectivity index (χ2v) is 8.22. The van der Waals surface area contributed by atoms with E-state index in [-0.39, 0.29) is 23.8 Å². The van der Waals surface area contributed by atoms with Crippen LogP contribution >= 0.6 is 0 Å². The van der Waals surface area contributed by atoms with E-state index in [1.807, 2.05) is 30.3 Å². The summed E-state index contributed by atoms with van der Waals surface area (Å²) in [5.41, 5.74) is 7.77. The molecule has 0 aliphatic heterocycles. The molecule has 0 saturated heterocycles. The first-order chi connectivity index (χ1) is 17.9. The number of carbonyl (C=O) groups is 3. The smallest absolute Gasteiger partial charge is 0.407 e. The van der Waals surface area contributed by atoms with E-state index in [2.05, 4.69) is 20.6 Å². The van der Waals surface area contributed by atoms with E-state index < -0.39 is 17.9 Å². The molecule has 2 heterocycles. The second kappa shape index (κ2) is 11.2. The fraction of sp³-hybridized carbons (Fsp3) is 0.240. The lowest BCUT2D eigenvalue weighted by molar-refractivity contribution is 0.0996. The SMILES string of the molecule is COc1cc(C(N)=O)cc2nc(NC(=O)c3cn(C)cn3)n(CCCNC(=O)OCc3ccccc3)c12. The van der Waals surface area contributed by atoms with E-state index in [0.717, 1.165) is 5.56 Å². The molecular weight excluding hydrogens is 478 g/mol. The number of nitrogens with zero attached hydrogens (tertiary/aromatic N) is 4. The minimum atomic E-state index is -0.632. The van der Waals surface area contributed by atoms with Crippen molar-refractivity contribution in [1.82, 2.24) is 24.4 Å². The van der Waals surface area contributed by atoms with Crippen molar-refractivity contribution in [2.24, 2.45) is 12.8 Å². The van der Waals surface area contributed by atoms with Gasteiger partial charge in [-0.2, -0.15) is 0 Å². The third-order valence-electron chi connectivity index (χ3n) is 5.51. The van der Waals surface area contributed by atoms with Crippen molar-refractivity contribution in [3.63, 3.8) is 0 Å². The first-order valence-electron chi connectivity index (χ1n) is 11.5. The highest BCUT2D eigenvalue weighted by molar-refractivity contribution is 6.03. The average Bonchev–Trinajstić information content (AvgIpc) is 3.48. The summed E-state index contributed by atoms with van der Waals surface area (Å²) < 4.78 is 14.1. The number of aromatic nitrogens is 4. The van der Waals surface area contributed by atoms with Gasteiger partial charge in [0.1, 0.15) is 23.6 Å². The second-order valence-electron chi connectivity index (χ2n) is 8.22. The maximum absolute atomic E-state index is 12.8. The van der Waals surface area contributed by atoms with Crippen LogP contribution in [0.1, 0.15) is 32.8 Å². The van der Waals surface area contributed by atoms with Gasteiger partial charge in [0.2, 0.25) is 11.9 Å². The van der Waals surface area contributed by atoms with Crippen LogP contribution in [0.2, 0.25) is 0 Å². The van der Waals surface area contributed by atoms with Crippen LogP contribution < -0.4 is 21.1 Å². The van der Waals surface area contributed by atoms with Gasteiger partial charge < -0.3 is 29.7 Å². The number of benzene rings is 2. The Bertz CT molecular complexity index is 1430. The van der Waals surface area contributed by atoms with E-state index in [4.69, 9.17) is 15.2 Å². The minimum absolute atomic E-state index is 0.169. The van der Waals surface area contributed by atoms with E-state index in [1.54, 1.807) is 22.4 Å². The number of alkyl carbamates (subject to hydrolysis) is 1. The normalized spacial score (nSPS) is 10.8. The number of imidazole rings is 2. The van der Waals surface area contributed by atoms with E-state index in [0.29, 0.717) is 36.3 Å². The molecule has 3 amide bonds. The van der Waals surface area contributed by atoms with Gasteiger partial charge in [-0.3, -0.25) is 14.9 Å². The lowest BCUT2D eigenvalue weighted by Gasteiger charge is -2.12. The number of fused-ring (bicyclic) bond motifs is 1. The monoisotopic (exact) mass is 505 g/mol. The summed E-state index contributed by atoms with van der Waals surface area (Å²) in [5, 5.41) is 5.49. The molecule has 37 heavy (non-hydrogen) atoms. The number of rotatable bonds is 10. The van der Waals surface area contributed by atoms with E-state index in [1.165, 1.54) is 25.6 Å². The number of ether oxygens (including phenoxy) is 2. The molecule has 4 aromatic rings. The quantitative estimate of drug-likeness (QED) is 0.280. The zero-order valence-electron chi connectivity index (χ0n) is 20.4. The van der Waals surface area contributed by atoms with Gasteiger partial charge in [0.05, 0.1) is 19.0 Å². The molecule has 192 valence electrons.